The zero-order chi connectivity index (χ0) is 39.0. The molecule has 1 saturated heterocycles. The molecule has 58 heavy (non-hydrogen) atoms. The Labute approximate surface area is 343 Å². The van der Waals surface area contributed by atoms with E-state index in [9.17, 15) is 14.7 Å². The summed E-state index contributed by atoms with van der Waals surface area (Å²) in [4.78, 5) is 48.3. The standard InChI is InChI=1S/C45H45N5O7.ClH/c46-43(52)31-9-5-6-29(20-31)25-49(33-11-13-35(51)14-12-33)45(54)38-22-40(48-15-4-3-10-39(38)48)36-23-41-42(57-28-56-41)24-37(36)44(53)50-26-32-8-2-1-7-30(32)21-34(50)27-47-16-18-55-19-17-47;/h1-2,5-9,11-14,20,22-24,34,51H,3-4,10,15-19,21,25-28H2,(H2,46,52);1H/t34-;/m0./s1. The lowest BCUT2D eigenvalue weighted by molar-refractivity contribution is 0.0193. The Balaban J connectivity index is 0.00000469. The number of ether oxygens (including phenoxy) is 3. The second-order valence-corrected chi connectivity index (χ2v) is 15.2. The van der Waals surface area contributed by atoms with E-state index in [1.54, 1.807) is 47.4 Å². The topological polar surface area (TPSA) is 140 Å². The van der Waals surface area contributed by atoms with E-state index in [2.05, 4.69) is 27.7 Å². The van der Waals surface area contributed by atoms with Gasteiger partial charge in [-0.2, -0.15) is 0 Å². The maximum Gasteiger partial charge on any atom is 0.260 e. The monoisotopic (exact) mass is 803 g/mol. The van der Waals surface area contributed by atoms with Crippen molar-refractivity contribution < 1.29 is 33.7 Å². The molecule has 9 rings (SSSR count). The largest absolute Gasteiger partial charge is 0.508 e. The SMILES string of the molecule is Cl.NC(=O)c1cccc(CN(C(=O)c2cc(-c3cc4c(cc3C(=O)N3Cc5ccccc5C[C@H]3CN3CCOCC3)OCO4)n3c2CCCC3)c2ccc(O)cc2)c1. The number of hydrogen-bond donors (Lipinski definition) is 2. The van der Waals surface area contributed by atoms with Crippen molar-refractivity contribution in [2.75, 3.05) is 44.5 Å². The van der Waals surface area contributed by atoms with E-state index in [-0.39, 0.29) is 49.4 Å². The number of nitrogens with zero attached hydrogens (tertiary/aromatic N) is 4. The molecule has 3 N–H and O–H groups in total. The molecule has 3 amide bonds. The van der Waals surface area contributed by atoms with Crippen LogP contribution < -0.4 is 20.1 Å². The lowest BCUT2D eigenvalue weighted by Gasteiger charge is -2.40. The molecule has 0 unspecified atom stereocenters. The van der Waals surface area contributed by atoms with Gasteiger partial charge in [-0.3, -0.25) is 19.3 Å². The molecular weight excluding hydrogens is 758 g/mol. The molecule has 0 spiro atoms. The quantitative estimate of drug-likeness (QED) is 0.180. The number of carbonyl (C=O) groups excluding carboxylic acids is 3. The van der Waals surface area contributed by atoms with Crippen molar-refractivity contribution in [1.82, 2.24) is 14.4 Å². The highest BCUT2D eigenvalue weighted by molar-refractivity contribution is 6.09. The summed E-state index contributed by atoms with van der Waals surface area (Å²) in [5.41, 5.74) is 13.0. The van der Waals surface area contributed by atoms with Crippen molar-refractivity contribution in [3.8, 4) is 28.5 Å². The molecule has 12 nitrogen and oxygen atoms in total. The van der Waals surface area contributed by atoms with Crippen LogP contribution in [0.1, 0.15) is 66.3 Å². The first-order valence-corrected chi connectivity index (χ1v) is 19.6. The second-order valence-electron chi connectivity index (χ2n) is 15.2. The highest BCUT2D eigenvalue weighted by atomic mass is 35.5. The van der Waals surface area contributed by atoms with Crippen LogP contribution in [0.3, 0.4) is 0 Å². The molecule has 4 aromatic carbocycles. The van der Waals surface area contributed by atoms with Crippen LogP contribution in [0.5, 0.6) is 17.2 Å². The highest BCUT2D eigenvalue weighted by Gasteiger charge is 2.36. The molecular formula is C45H46ClN5O7. The number of phenolic OH excluding ortho intramolecular Hbond substituents is 1. The molecule has 0 saturated carbocycles. The highest BCUT2D eigenvalue weighted by Crippen LogP contribution is 2.42. The van der Waals surface area contributed by atoms with E-state index in [4.69, 9.17) is 19.9 Å². The molecule has 1 fully saturated rings. The van der Waals surface area contributed by atoms with Crippen molar-refractivity contribution in [1.29, 1.82) is 0 Å². The van der Waals surface area contributed by atoms with Crippen molar-refractivity contribution >= 4 is 35.8 Å². The van der Waals surface area contributed by atoms with E-state index in [0.717, 1.165) is 61.4 Å². The lowest BCUT2D eigenvalue weighted by atomic mass is 9.92. The van der Waals surface area contributed by atoms with Crippen LogP contribution in [0.4, 0.5) is 5.69 Å². The smallest absolute Gasteiger partial charge is 0.260 e. The van der Waals surface area contributed by atoms with Gasteiger partial charge in [0.25, 0.3) is 11.8 Å². The van der Waals surface area contributed by atoms with E-state index < -0.39 is 5.91 Å². The van der Waals surface area contributed by atoms with E-state index >= 15 is 4.79 Å². The van der Waals surface area contributed by atoms with Gasteiger partial charge < -0.3 is 39.4 Å². The molecule has 0 radical (unpaired) electrons. The van der Waals surface area contributed by atoms with Gasteiger partial charge in [0.2, 0.25) is 12.7 Å². The molecule has 5 heterocycles. The molecule has 1 atom stereocenters. The van der Waals surface area contributed by atoms with Gasteiger partial charge in [0.15, 0.2) is 11.5 Å². The molecule has 0 bridgehead atoms. The fourth-order valence-electron chi connectivity index (χ4n) is 8.70. The number of hydrogen-bond acceptors (Lipinski definition) is 8. The normalized spacial score (nSPS) is 17.2. The van der Waals surface area contributed by atoms with Crippen LogP contribution in [0.15, 0.2) is 91.0 Å². The number of morpholine rings is 1. The number of halogens is 1. The predicted molar refractivity (Wildman–Crippen MR) is 221 cm³/mol. The fourth-order valence-corrected chi connectivity index (χ4v) is 8.70. The number of benzene rings is 4. The van der Waals surface area contributed by atoms with Gasteiger partial charge in [-0.15, -0.1) is 12.4 Å². The van der Waals surface area contributed by atoms with Gasteiger partial charge in [-0.25, -0.2) is 0 Å². The Morgan fingerprint density at radius 2 is 1.59 bits per heavy atom. The number of carbonyl (C=O) groups is 3. The summed E-state index contributed by atoms with van der Waals surface area (Å²) in [6.07, 6.45) is 3.25. The molecule has 0 aliphatic carbocycles. The number of primary amides is 1. The fraction of sp³-hybridized carbons (Fsp3) is 0.311. The average molecular weight is 804 g/mol. The van der Waals surface area contributed by atoms with Crippen LogP contribution in [0.25, 0.3) is 11.3 Å². The van der Waals surface area contributed by atoms with Crippen molar-refractivity contribution in [3.05, 3.63) is 130 Å². The first-order valence-electron chi connectivity index (χ1n) is 19.6. The number of phenols is 1. The Morgan fingerprint density at radius 3 is 2.36 bits per heavy atom. The van der Waals surface area contributed by atoms with Crippen molar-refractivity contribution in [3.63, 3.8) is 0 Å². The van der Waals surface area contributed by atoms with Gasteiger partial charge in [-0.05, 0) is 97.0 Å². The summed E-state index contributed by atoms with van der Waals surface area (Å²) in [7, 11) is 0. The maximum absolute atomic E-state index is 15.2. The zero-order valence-electron chi connectivity index (χ0n) is 32.1. The first-order chi connectivity index (χ1) is 27.8. The minimum absolute atomic E-state index is 0. The predicted octanol–water partition coefficient (Wildman–Crippen LogP) is 6.19. The third kappa shape index (κ3) is 7.62. The summed E-state index contributed by atoms with van der Waals surface area (Å²) < 4.78 is 19.6. The maximum atomic E-state index is 15.2. The van der Waals surface area contributed by atoms with E-state index in [1.165, 1.54) is 5.56 Å². The Kier molecular flexibility index (Phi) is 11.2. The van der Waals surface area contributed by atoms with Crippen LogP contribution in [-0.2, 0) is 37.2 Å². The molecule has 300 valence electrons. The minimum atomic E-state index is -0.555. The van der Waals surface area contributed by atoms with Crippen LogP contribution in [0.2, 0.25) is 0 Å². The Bertz CT molecular complexity index is 2360. The van der Waals surface area contributed by atoms with E-state index in [1.807, 2.05) is 35.2 Å². The third-order valence-electron chi connectivity index (χ3n) is 11.7. The van der Waals surface area contributed by atoms with Gasteiger partial charge in [0, 0.05) is 67.0 Å². The summed E-state index contributed by atoms with van der Waals surface area (Å²) in [6.45, 7) is 5.08. The van der Waals surface area contributed by atoms with Crippen LogP contribution in [0, 0.1) is 0 Å². The molecule has 4 aliphatic rings. The van der Waals surface area contributed by atoms with Gasteiger partial charge in [-0.1, -0.05) is 36.4 Å². The zero-order valence-corrected chi connectivity index (χ0v) is 32.9. The second kappa shape index (κ2) is 16.6. The number of amides is 3. The number of fused-ring (bicyclic) bond motifs is 3. The average Bonchev–Trinajstić information content (AvgIpc) is 3.87. The molecule has 1 aromatic heterocycles. The Hall–Kier alpha value is -5.82. The lowest BCUT2D eigenvalue weighted by Crippen LogP contribution is -2.52. The van der Waals surface area contributed by atoms with Crippen LogP contribution in [-0.4, -0.2) is 82.9 Å². The number of nitrogens with two attached hydrogens (primary N) is 1. The first kappa shape index (κ1) is 39.0. The minimum Gasteiger partial charge on any atom is -0.508 e. The van der Waals surface area contributed by atoms with Gasteiger partial charge >= 0.3 is 0 Å². The third-order valence-corrected chi connectivity index (χ3v) is 11.7. The van der Waals surface area contributed by atoms with Gasteiger partial charge in [0.05, 0.1) is 30.9 Å². The molecule has 5 aromatic rings. The number of anilines is 1. The van der Waals surface area contributed by atoms with Crippen LogP contribution >= 0.6 is 12.4 Å². The van der Waals surface area contributed by atoms with Gasteiger partial charge in [0.1, 0.15) is 5.75 Å². The van der Waals surface area contributed by atoms with E-state index in [0.29, 0.717) is 72.2 Å². The number of rotatable bonds is 9. The summed E-state index contributed by atoms with van der Waals surface area (Å²) in [5.74, 6) is 0.247. The molecule has 13 heteroatoms. The van der Waals surface area contributed by atoms with Crippen molar-refractivity contribution in [2.45, 2.75) is 51.4 Å². The molecule has 4 aliphatic heterocycles. The Morgan fingerprint density at radius 1 is 0.828 bits per heavy atom. The van der Waals surface area contributed by atoms with Crippen molar-refractivity contribution in [2.24, 2.45) is 5.73 Å². The summed E-state index contributed by atoms with van der Waals surface area (Å²) in [6, 6.07) is 27.4. The number of aromatic hydroxyl groups is 1. The summed E-state index contributed by atoms with van der Waals surface area (Å²) >= 11 is 0. The number of aromatic nitrogens is 1. The summed E-state index contributed by atoms with van der Waals surface area (Å²) in [5, 5.41) is 10.1.